The van der Waals surface area contributed by atoms with Crippen molar-refractivity contribution in [1.29, 1.82) is 0 Å². The van der Waals surface area contributed by atoms with Crippen LogP contribution in [0.25, 0.3) is 0 Å². The molecule has 0 amide bonds. The van der Waals surface area contributed by atoms with Crippen LogP contribution in [0.1, 0.15) is 34.1 Å². The molecule has 0 spiro atoms. The average molecular weight is 311 g/mol. The Morgan fingerprint density at radius 1 is 1.57 bits per heavy atom. The zero-order valence-electron chi connectivity index (χ0n) is 9.19. The summed E-state index contributed by atoms with van der Waals surface area (Å²) in [4.78, 5) is 11.8. The summed E-state index contributed by atoms with van der Waals surface area (Å²) in [6.07, 6.45) is 0.850. The highest BCUT2D eigenvalue weighted by molar-refractivity contribution is 14.1. The van der Waals surface area contributed by atoms with Gasteiger partial charge in [-0.1, -0.05) is 22.6 Å². The van der Waals surface area contributed by atoms with Gasteiger partial charge in [-0.05, 0) is 34.1 Å². The number of nitrogens with one attached hydrogen (secondary N) is 1. The Morgan fingerprint density at radius 2 is 2.14 bits per heavy atom. The summed E-state index contributed by atoms with van der Waals surface area (Å²) in [7, 11) is 0. The van der Waals surface area contributed by atoms with E-state index >= 15 is 0 Å². The molecular weight excluding hydrogens is 293 g/mol. The molecule has 0 aromatic rings. The van der Waals surface area contributed by atoms with Crippen LogP contribution in [0, 0.1) is 0 Å². The van der Waals surface area contributed by atoms with Crippen LogP contribution in [0.3, 0.4) is 0 Å². The summed E-state index contributed by atoms with van der Waals surface area (Å²) in [5, 5.41) is 3.22. The van der Waals surface area contributed by atoms with Crippen LogP contribution in [0.4, 0.5) is 0 Å². The van der Waals surface area contributed by atoms with Crippen LogP contribution in [0.5, 0.6) is 0 Å². The number of carbonyl (C=O) groups is 1. The fraction of sp³-hybridized carbons (Fsp3) is 0.900. The smallest absolute Gasteiger partial charge is 0.326 e. The van der Waals surface area contributed by atoms with Crippen molar-refractivity contribution in [3.05, 3.63) is 0 Å². The molecule has 1 rings (SSSR count). The zero-order chi connectivity index (χ0) is 11.0. The van der Waals surface area contributed by atoms with Gasteiger partial charge >= 0.3 is 5.97 Å². The molecule has 0 aliphatic carbocycles. The van der Waals surface area contributed by atoms with Crippen molar-refractivity contribution < 1.29 is 9.53 Å². The summed E-state index contributed by atoms with van der Waals surface area (Å²) >= 11 is 2.36. The highest BCUT2D eigenvalue weighted by Crippen LogP contribution is 2.27. The van der Waals surface area contributed by atoms with Gasteiger partial charge in [-0.15, -0.1) is 0 Å². The first kappa shape index (κ1) is 12.2. The van der Waals surface area contributed by atoms with Gasteiger partial charge in [-0.25, -0.2) is 0 Å². The first-order chi connectivity index (χ1) is 6.23. The van der Waals surface area contributed by atoms with Crippen LogP contribution in [0.2, 0.25) is 0 Å². The third kappa shape index (κ3) is 3.08. The standard InChI is InChI=1S/C10H18INO2/c1-9(2,3)14-8(13)10(4)5-7(11)6-12-10/h7,12H,5-6H2,1-4H3. The van der Waals surface area contributed by atoms with Gasteiger partial charge in [0.2, 0.25) is 0 Å². The molecule has 1 fully saturated rings. The predicted octanol–water partition coefficient (Wildman–Crippen LogP) is 1.88. The normalized spacial score (nSPS) is 33.1. The number of hydrogen-bond acceptors (Lipinski definition) is 3. The van der Waals surface area contributed by atoms with Gasteiger partial charge in [0.1, 0.15) is 11.1 Å². The second-order valence-corrected chi connectivity index (χ2v) is 6.78. The molecular formula is C10H18INO2. The summed E-state index contributed by atoms with van der Waals surface area (Å²) in [6.45, 7) is 8.48. The molecule has 0 radical (unpaired) electrons. The van der Waals surface area contributed by atoms with Crippen LogP contribution in [-0.2, 0) is 9.53 Å². The van der Waals surface area contributed by atoms with E-state index in [1.165, 1.54) is 0 Å². The van der Waals surface area contributed by atoms with Crippen molar-refractivity contribution in [3.63, 3.8) is 0 Å². The lowest BCUT2D eigenvalue weighted by atomic mass is 10.0. The molecule has 0 bridgehead atoms. The maximum atomic E-state index is 11.8. The Hall–Kier alpha value is 0.160. The molecule has 14 heavy (non-hydrogen) atoms. The van der Waals surface area contributed by atoms with Gasteiger partial charge < -0.3 is 10.1 Å². The van der Waals surface area contributed by atoms with Crippen molar-refractivity contribution in [3.8, 4) is 0 Å². The summed E-state index contributed by atoms with van der Waals surface area (Å²) in [6, 6.07) is 0. The van der Waals surface area contributed by atoms with Gasteiger partial charge in [0.15, 0.2) is 0 Å². The third-order valence-electron chi connectivity index (χ3n) is 2.19. The van der Waals surface area contributed by atoms with E-state index in [9.17, 15) is 4.79 Å². The van der Waals surface area contributed by atoms with E-state index in [1.54, 1.807) is 0 Å². The van der Waals surface area contributed by atoms with Crippen LogP contribution in [-0.4, -0.2) is 27.6 Å². The molecule has 1 heterocycles. The van der Waals surface area contributed by atoms with Crippen molar-refractivity contribution in [2.45, 2.75) is 49.2 Å². The maximum Gasteiger partial charge on any atom is 0.326 e. The molecule has 1 saturated heterocycles. The summed E-state index contributed by atoms with van der Waals surface area (Å²) < 4.78 is 5.89. The van der Waals surface area contributed by atoms with E-state index in [0.717, 1.165) is 13.0 Å². The highest BCUT2D eigenvalue weighted by atomic mass is 127. The molecule has 0 saturated carbocycles. The second-order valence-electron chi connectivity index (χ2n) is 5.02. The minimum atomic E-state index is -0.487. The quantitative estimate of drug-likeness (QED) is 0.456. The molecule has 0 aromatic carbocycles. The van der Waals surface area contributed by atoms with Crippen LogP contribution < -0.4 is 5.32 Å². The molecule has 2 atom stereocenters. The molecule has 82 valence electrons. The minimum Gasteiger partial charge on any atom is -0.459 e. The number of carbonyl (C=O) groups excluding carboxylic acids is 1. The molecule has 1 N–H and O–H groups in total. The second kappa shape index (κ2) is 3.96. The largest absolute Gasteiger partial charge is 0.459 e. The van der Waals surface area contributed by atoms with Crippen molar-refractivity contribution in [1.82, 2.24) is 5.32 Å². The monoisotopic (exact) mass is 311 g/mol. The van der Waals surface area contributed by atoms with Crippen molar-refractivity contribution in [2.75, 3.05) is 6.54 Å². The lowest BCUT2D eigenvalue weighted by molar-refractivity contribution is -0.161. The van der Waals surface area contributed by atoms with Crippen LogP contribution in [0.15, 0.2) is 0 Å². The molecule has 4 heteroatoms. The summed E-state index contributed by atoms with van der Waals surface area (Å²) in [5.74, 6) is -0.135. The number of esters is 1. The van der Waals surface area contributed by atoms with E-state index in [4.69, 9.17) is 4.74 Å². The van der Waals surface area contributed by atoms with Gasteiger partial charge in [-0.3, -0.25) is 4.79 Å². The lowest BCUT2D eigenvalue weighted by Crippen LogP contribution is -2.48. The number of ether oxygens (including phenoxy) is 1. The van der Waals surface area contributed by atoms with E-state index in [1.807, 2.05) is 27.7 Å². The molecule has 0 aromatic heterocycles. The Kier molecular flexibility index (Phi) is 3.46. The van der Waals surface area contributed by atoms with Gasteiger partial charge in [0.05, 0.1) is 0 Å². The molecule has 2 unspecified atom stereocenters. The van der Waals surface area contributed by atoms with E-state index in [-0.39, 0.29) is 5.97 Å². The Morgan fingerprint density at radius 3 is 2.50 bits per heavy atom. The Balaban J connectivity index is 2.61. The van der Waals surface area contributed by atoms with Crippen molar-refractivity contribution in [2.24, 2.45) is 0 Å². The van der Waals surface area contributed by atoms with Gasteiger partial charge in [0, 0.05) is 10.5 Å². The Bertz CT molecular complexity index is 237. The zero-order valence-corrected chi connectivity index (χ0v) is 11.3. The number of rotatable bonds is 1. The topological polar surface area (TPSA) is 38.3 Å². The first-order valence-corrected chi connectivity index (χ1v) is 6.10. The minimum absolute atomic E-state index is 0.135. The molecule has 1 aliphatic heterocycles. The number of halogens is 1. The summed E-state index contributed by atoms with van der Waals surface area (Å²) in [5.41, 5.74) is -0.885. The van der Waals surface area contributed by atoms with Crippen molar-refractivity contribution >= 4 is 28.6 Å². The predicted molar refractivity (Wildman–Crippen MR) is 64.7 cm³/mol. The Labute approximate surface area is 99.1 Å². The number of hydrogen-bond donors (Lipinski definition) is 1. The van der Waals surface area contributed by atoms with Gasteiger partial charge in [-0.2, -0.15) is 0 Å². The lowest BCUT2D eigenvalue weighted by Gasteiger charge is -2.28. The van der Waals surface area contributed by atoms with E-state index in [0.29, 0.717) is 3.92 Å². The molecule has 3 nitrogen and oxygen atoms in total. The van der Waals surface area contributed by atoms with E-state index in [2.05, 4.69) is 27.9 Å². The first-order valence-electron chi connectivity index (χ1n) is 4.85. The van der Waals surface area contributed by atoms with Crippen LogP contribution >= 0.6 is 22.6 Å². The van der Waals surface area contributed by atoms with Gasteiger partial charge in [0.25, 0.3) is 0 Å². The fourth-order valence-electron chi connectivity index (χ4n) is 1.47. The molecule has 1 aliphatic rings. The third-order valence-corrected chi connectivity index (χ3v) is 3.07. The maximum absolute atomic E-state index is 11.8. The van der Waals surface area contributed by atoms with E-state index < -0.39 is 11.1 Å². The fourth-order valence-corrected chi connectivity index (χ4v) is 2.57. The number of alkyl halides is 1. The average Bonchev–Trinajstić information content (AvgIpc) is 2.29. The highest BCUT2D eigenvalue weighted by Gasteiger charge is 2.42. The SMILES string of the molecule is CC(C)(C)OC(=O)C1(C)CC(I)CN1.